The van der Waals surface area contributed by atoms with Crippen molar-refractivity contribution in [3.8, 4) is 5.75 Å². The molecular formula is C13H14O. The van der Waals surface area contributed by atoms with E-state index in [1.807, 2.05) is 0 Å². The van der Waals surface area contributed by atoms with Crippen LogP contribution in [0.25, 0.3) is 10.8 Å². The van der Waals surface area contributed by atoms with Gasteiger partial charge in [0.25, 0.3) is 0 Å². The molecule has 0 heterocycles. The minimum absolute atomic E-state index is 0.929. The van der Waals surface area contributed by atoms with Crippen molar-refractivity contribution in [3.63, 3.8) is 0 Å². The lowest BCUT2D eigenvalue weighted by Crippen LogP contribution is -1.86. The summed E-state index contributed by atoms with van der Waals surface area (Å²) < 4.78 is 5.23. The maximum Gasteiger partial charge on any atom is 0.119 e. The van der Waals surface area contributed by atoms with Crippen LogP contribution in [0.4, 0.5) is 0 Å². The number of ether oxygens (including phenoxy) is 1. The van der Waals surface area contributed by atoms with E-state index in [0.717, 1.165) is 5.75 Å². The lowest BCUT2D eigenvalue weighted by molar-refractivity contribution is 0.415. The highest BCUT2D eigenvalue weighted by Crippen LogP contribution is 2.25. The first-order chi connectivity index (χ1) is 6.70. The molecule has 2 aromatic carbocycles. The van der Waals surface area contributed by atoms with Crippen molar-refractivity contribution in [2.45, 2.75) is 13.8 Å². The topological polar surface area (TPSA) is 9.23 Å². The molecule has 1 nitrogen and oxygen atoms in total. The minimum atomic E-state index is 0.929. The molecule has 0 saturated heterocycles. The maximum atomic E-state index is 5.23. The zero-order valence-corrected chi connectivity index (χ0v) is 8.79. The molecule has 0 bridgehead atoms. The molecule has 0 unspecified atom stereocenters. The Bertz CT molecular complexity index is 472. The summed E-state index contributed by atoms with van der Waals surface area (Å²) in [5, 5.41) is 2.55. The van der Waals surface area contributed by atoms with E-state index >= 15 is 0 Å². The molecular weight excluding hydrogens is 172 g/mol. The third kappa shape index (κ3) is 1.46. The van der Waals surface area contributed by atoms with Crippen LogP contribution in [0.1, 0.15) is 11.1 Å². The summed E-state index contributed by atoms with van der Waals surface area (Å²) in [4.78, 5) is 0. The molecule has 2 rings (SSSR count). The number of benzene rings is 2. The highest BCUT2D eigenvalue weighted by molar-refractivity contribution is 5.87. The first kappa shape index (κ1) is 9.07. The van der Waals surface area contributed by atoms with Gasteiger partial charge < -0.3 is 4.74 Å². The molecule has 0 aliphatic heterocycles. The number of rotatable bonds is 1. The molecule has 0 saturated carbocycles. The standard InChI is InChI=1S/C13H14O/c1-9-4-5-11-8-12(14-3)7-10(2)13(11)6-9/h4-8H,1-3H3. The van der Waals surface area contributed by atoms with Gasteiger partial charge in [-0.25, -0.2) is 0 Å². The number of aryl methyl sites for hydroxylation is 2. The van der Waals surface area contributed by atoms with Crippen LogP contribution in [-0.2, 0) is 0 Å². The monoisotopic (exact) mass is 186 g/mol. The van der Waals surface area contributed by atoms with E-state index in [1.165, 1.54) is 21.9 Å². The second-order valence-electron chi connectivity index (χ2n) is 3.67. The van der Waals surface area contributed by atoms with Gasteiger partial charge in [0.2, 0.25) is 0 Å². The molecule has 0 radical (unpaired) electrons. The highest BCUT2D eigenvalue weighted by atomic mass is 16.5. The van der Waals surface area contributed by atoms with Crippen LogP contribution in [0.5, 0.6) is 5.75 Å². The third-order valence-electron chi connectivity index (χ3n) is 2.53. The molecule has 0 aromatic heterocycles. The van der Waals surface area contributed by atoms with E-state index in [-0.39, 0.29) is 0 Å². The molecule has 0 aliphatic carbocycles. The van der Waals surface area contributed by atoms with Crippen LogP contribution in [0.2, 0.25) is 0 Å². The van der Waals surface area contributed by atoms with Crippen LogP contribution >= 0.6 is 0 Å². The Labute approximate surface area is 84.3 Å². The second kappa shape index (κ2) is 3.33. The molecule has 14 heavy (non-hydrogen) atoms. The summed E-state index contributed by atoms with van der Waals surface area (Å²) in [5.74, 6) is 0.929. The Morgan fingerprint density at radius 3 is 2.50 bits per heavy atom. The van der Waals surface area contributed by atoms with Crippen LogP contribution in [0, 0.1) is 13.8 Å². The molecule has 1 heteroatoms. The second-order valence-corrected chi connectivity index (χ2v) is 3.67. The van der Waals surface area contributed by atoms with Gasteiger partial charge >= 0.3 is 0 Å². The summed E-state index contributed by atoms with van der Waals surface area (Å²) in [6.45, 7) is 4.23. The van der Waals surface area contributed by atoms with Gasteiger partial charge in [-0.1, -0.05) is 23.8 Å². The fourth-order valence-electron chi connectivity index (χ4n) is 1.74. The van der Waals surface area contributed by atoms with Crippen LogP contribution in [0.15, 0.2) is 30.3 Å². The summed E-state index contributed by atoms with van der Waals surface area (Å²) in [5.41, 5.74) is 2.56. The average Bonchev–Trinajstić information content (AvgIpc) is 2.19. The van der Waals surface area contributed by atoms with Crippen molar-refractivity contribution < 1.29 is 4.74 Å². The predicted octanol–water partition coefficient (Wildman–Crippen LogP) is 3.47. The van der Waals surface area contributed by atoms with Gasteiger partial charge in [-0.2, -0.15) is 0 Å². The fourth-order valence-corrected chi connectivity index (χ4v) is 1.74. The van der Waals surface area contributed by atoms with Crippen molar-refractivity contribution in [3.05, 3.63) is 41.5 Å². The van der Waals surface area contributed by atoms with E-state index in [0.29, 0.717) is 0 Å². The summed E-state index contributed by atoms with van der Waals surface area (Å²) >= 11 is 0. The van der Waals surface area contributed by atoms with Crippen LogP contribution < -0.4 is 4.74 Å². The third-order valence-corrected chi connectivity index (χ3v) is 2.53. The summed E-state index contributed by atoms with van der Waals surface area (Å²) in [6.07, 6.45) is 0. The Morgan fingerprint density at radius 2 is 1.79 bits per heavy atom. The van der Waals surface area contributed by atoms with Gasteiger partial charge in [-0.3, -0.25) is 0 Å². The first-order valence-electron chi connectivity index (χ1n) is 4.76. The molecule has 2 aromatic rings. The van der Waals surface area contributed by atoms with Gasteiger partial charge in [0.05, 0.1) is 7.11 Å². The quantitative estimate of drug-likeness (QED) is 0.662. The van der Waals surface area contributed by atoms with Crippen molar-refractivity contribution in [2.24, 2.45) is 0 Å². The lowest BCUT2D eigenvalue weighted by Gasteiger charge is -2.06. The molecule has 0 atom stereocenters. The number of hydrogen-bond acceptors (Lipinski definition) is 1. The minimum Gasteiger partial charge on any atom is -0.497 e. The average molecular weight is 186 g/mol. The Balaban J connectivity index is 2.76. The molecule has 0 spiro atoms. The molecule has 72 valence electrons. The normalized spacial score (nSPS) is 10.5. The van der Waals surface area contributed by atoms with E-state index in [4.69, 9.17) is 4.74 Å². The maximum absolute atomic E-state index is 5.23. The van der Waals surface area contributed by atoms with E-state index in [2.05, 4.69) is 44.2 Å². The SMILES string of the molecule is COc1cc(C)c2cc(C)ccc2c1. The molecule has 0 amide bonds. The fraction of sp³-hybridized carbons (Fsp3) is 0.231. The number of hydrogen-bond donors (Lipinski definition) is 0. The van der Waals surface area contributed by atoms with Gasteiger partial charge in [-0.05, 0) is 42.3 Å². The van der Waals surface area contributed by atoms with E-state index < -0.39 is 0 Å². The zero-order valence-electron chi connectivity index (χ0n) is 8.79. The molecule has 0 aliphatic rings. The summed E-state index contributed by atoms with van der Waals surface area (Å²) in [7, 11) is 1.70. The molecule has 0 fully saturated rings. The highest BCUT2D eigenvalue weighted by Gasteiger charge is 2.00. The first-order valence-corrected chi connectivity index (χ1v) is 4.76. The van der Waals surface area contributed by atoms with Crippen LogP contribution in [-0.4, -0.2) is 7.11 Å². The van der Waals surface area contributed by atoms with E-state index in [1.54, 1.807) is 7.11 Å². The van der Waals surface area contributed by atoms with Gasteiger partial charge in [0.15, 0.2) is 0 Å². The van der Waals surface area contributed by atoms with E-state index in [9.17, 15) is 0 Å². The van der Waals surface area contributed by atoms with Crippen molar-refractivity contribution in [2.75, 3.05) is 7.11 Å². The smallest absolute Gasteiger partial charge is 0.119 e. The Morgan fingerprint density at radius 1 is 1.00 bits per heavy atom. The van der Waals surface area contributed by atoms with Gasteiger partial charge in [0, 0.05) is 0 Å². The van der Waals surface area contributed by atoms with Gasteiger partial charge in [0.1, 0.15) is 5.75 Å². The van der Waals surface area contributed by atoms with Crippen molar-refractivity contribution in [1.29, 1.82) is 0 Å². The largest absolute Gasteiger partial charge is 0.497 e. The number of methoxy groups -OCH3 is 1. The predicted molar refractivity (Wildman–Crippen MR) is 60.0 cm³/mol. The van der Waals surface area contributed by atoms with Crippen LogP contribution in [0.3, 0.4) is 0 Å². The molecule has 0 N–H and O–H groups in total. The van der Waals surface area contributed by atoms with Crippen molar-refractivity contribution in [1.82, 2.24) is 0 Å². The summed E-state index contributed by atoms with van der Waals surface area (Å²) in [6, 6.07) is 10.6. The lowest BCUT2D eigenvalue weighted by atomic mass is 10.0. The van der Waals surface area contributed by atoms with Gasteiger partial charge in [-0.15, -0.1) is 0 Å². The zero-order chi connectivity index (χ0) is 10.1. The Hall–Kier alpha value is -1.50. The Kier molecular flexibility index (Phi) is 2.16. The number of fused-ring (bicyclic) bond motifs is 1. The van der Waals surface area contributed by atoms with Crippen molar-refractivity contribution >= 4 is 10.8 Å².